The monoisotopic (exact) mass is 672 g/mol. The van der Waals surface area contributed by atoms with Crippen LogP contribution in [-0.2, 0) is 13.1 Å². The van der Waals surface area contributed by atoms with Gasteiger partial charge >= 0.3 is 0 Å². The van der Waals surface area contributed by atoms with Gasteiger partial charge in [0.2, 0.25) is 0 Å². The standard InChI is InChI=1S/C19H21N5O2.C19H23N5/c1-21-8-10-22(11-9-21)18-7-6-16(24(25)26)12-15(18)13-23-14-20-17-4-2-3-5-19(17)23;1-22-8-10-23(11-9-22)18-7-6-16(20)12-15(18)13-24-14-21-17-4-2-3-5-19(17)24/h2-7,12,14H,8-11,13H2,1H3;2-7,12,14H,8-11,13,20H2,1H3. The van der Waals surface area contributed by atoms with Crippen LogP contribution in [0.4, 0.5) is 22.7 Å². The Bertz CT molecular complexity index is 2090. The fraction of sp³-hybridized carbons (Fsp3) is 0.316. The SMILES string of the molecule is CN1CCN(c2ccc(N)cc2Cn2cnc3ccccc32)CC1.CN1CCN(c2ccc([N+](=O)[O-])cc2Cn2cnc3ccccc32)CC1. The molecule has 50 heavy (non-hydrogen) atoms. The second kappa shape index (κ2) is 14.6. The number of hydrogen-bond acceptors (Lipinski definition) is 9. The predicted octanol–water partition coefficient (Wildman–Crippen LogP) is 5.16. The van der Waals surface area contributed by atoms with Gasteiger partial charge in [-0.15, -0.1) is 0 Å². The minimum atomic E-state index is -0.330. The summed E-state index contributed by atoms with van der Waals surface area (Å²) in [5.74, 6) is 0. The second-order valence-electron chi connectivity index (χ2n) is 13.3. The Balaban J connectivity index is 0.000000157. The summed E-state index contributed by atoms with van der Waals surface area (Å²) in [6.45, 7) is 9.47. The van der Waals surface area contributed by atoms with Crippen LogP contribution in [0.5, 0.6) is 0 Å². The molecule has 0 bridgehead atoms. The molecule has 2 saturated heterocycles. The average Bonchev–Trinajstić information content (AvgIpc) is 3.73. The molecule has 0 radical (unpaired) electrons. The fourth-order valence-corrected chi connectivity index (χ4v) is 6.90. The number of imidazole rings is 2. The van der Waals surface area contributed by atoms with Crippen LogP contribution in [-0.4, -0.2) is 100 Å². The largest absolute Gasteiger partial charge is 0.399 e. The molecule has 0 spiro atoms. The van der Waals surface area contributed by atoms with E-state index in [4.69, 9.17) is 5.73 Å². The molecule has 2 aromatic heterocycles. The summed E-state index contributed by atoms with van der Waals surface area (Å²) in [4.78, 5) is 29.3. The number of likely N-dealkylation sites (N-methyl/N-ethyl adjacent to an activating group) is 2. The topological polar surface area (TPSA) is 118 Å². The zero-order chi connectivity index (χ0) is 34.6. The molecule has 4 heterocycles. The summed E-state index contributed by atoms with van der Waals surface area (Å²) in [6.07, 6.45) is 3.72. The minimum absolute atomic E-state index is 0.127. The summed E-state index contributed by atoms with van der Waals surface area (Å²) < 4.78 is 4.25. The van der Waals surface area contributed by atoms with Crippen molar-refractivity contribution in [3.63, 3.8) is 0 Å². The Morgan fingerprint density at radius 2 is 1.10 bits per heavy atom. The highest BCUT2D eigenvalue weighted by Gasteiger charge is 2.21. The van der Waals surface area contributed by atoms with Crippen LogP contribution in [0.3, 0.4) is 0 Å². The number of nitrogen functional groups attached to an aromatic ring is 1. The molecule has 0 atom stereocenters. The van der Waals surface area contributed by atoms with Crippen LogP contribution in [0.15, 0.2) is 97.6 Å². The van der Waals surface area contributed by atoms with Gasteiger partial charge < -0.3 is 34.5 Å². The molecule has 0 saturated carbocycles. The van der Waals surface area contributed by atoms with E-state index < -0.39 is 0 Å². The van der Waals surface area contributed by atoms with E-state index in [1.165, 1.54) is 11.3 Å². The van der Waals surface area contributed by atoms with Crippen molar-refractivity contribution in [2.24, 2.45) is 0 Å². The molecule has 6 aromatic rings. The summed E-state index contributed by atoms with van der Waals surface area (Å²) in [6, 6.07) is 27.6. The third kappa shape index (κ3) is 7.26. The van der Waals surface area contributed by atoms with Gasteiger partial charge in [-0.05, 0) is 68.2 Å². The van der Waals surface area contributed by atoms with Crippen LogP contribution >= 0.6 is 0 Å². The summed E-state index contributed by atoms with van der Waals surface area (Å²) >= 11 is 0. The van der Waals surface area contributed by atoms with Crippen molar-refractivity contribution in [3.05, 3.63) is 119 Å². The van der Waals surface area contributed by atoms with Crippen LogP contribution in [0, 0.1) is 10.1 Å². The number of non-ortho nitro benzene ring substituents is 1. The highest BCUT2D eigenvalue weighted by Crippen LogP contribution is 2.29. The molecule has 2 fully saturated rings. The van der Waals surface area contributed by atoms with Gasteiger partial charge in [-0.1, -0.05) is 24.3 Å². The maximum absolute atomic E-state index is 11.3. The molecule has 0 amide bonds. The van der Waals surface area contributed by atoms with Gasteiger partial charge in [0, 0.05) is 87.1 Å². The van der Waals surface area contributed by atoms with Crippen molar-refractivity contribution < 1.29 is 4.92 Å². The number of nitro benzene ring substituents is 1. The van der Waals surface area contributed by atoms with Crippen molar-refractivity contribution in [1.29, 1.82) is 0 Å². The number of hydrogen-bond donors (Lipinski definition) is 1. The lowest BCUT2D eigenvalue weighted by Crippen LogP contribution is -2.44. The van der Waals surface area contributed by atoms with E-state index in [0.717, 1.165) is 97.9 Å². The van der Waals surface area contributed by atoms with Gasteiger partial charge in [0.15, 0.2) is 0 Å². The van der Waals surface area contributed by atoms with E-state index in [-0.39, 0.29) is 10.6 Å². The Kier molecular flexibility index (Phi) is 9.63. The van der Waals surface area contributed by atoms with E-state index in [1.54, 1.807) is 18.5 Å². The number of nitrogens with two attached hydrogens (primary N) is 1. The quantitative estimate of drug-likeness (QED) is 0.139. The Morgan fingerprint density at radius 3 is 1.60 bits per heavy atom. The molecule has 0 unspecified atom stereocenters. The van der Waals surface area contributed by atoms with Gasteiger partial charge in [0.1, 0.15) is 0 Å². The first-order valence-electron chi connectivity index (χ1n) is 17.1. The molecule has 258 valence electrons. The Labute approximate surface area is 292 Å². The molecule has 12 heteroatoms. The molecular formula is C38H44N10O2. The maximum Gasteiger partial charge on any atom is 0.269 e. The lowest BCUT2D eigenvalue weighted by atomic mass is 10.1. The van der Waals surface area contributed by atoms with Crippen molar-refractivity contribution in [3.8, 4) is 0 Å². The first-order chi connectivity index (χ1) is 24.3. The van der Waals surface area contributed by atoms with E-state index in [9.17, 15) is 10.1 Å². The summed E-state index contributed by atoms with van der Waals surface area (Å²) in [5.41, 5.74) is 15.7. The number of nitrogens with zero attached hydrogens (tertiary/aromatic N) is 9. The van der Waals surface area contributed by atoms with Gasteiger partial charge in [-0.3, -0.25) is 10.1 Å². The normalized spacial score (nSPS) is 15.7. The number of benzene rings is 4. The van der Waals surface area contributed by atoms with Crippen LogP contribution < -0.4 is 15.5 Å². The molecule has 8 rings (SSSR count). The molecule has 2 aliphatic heterocycles. The molecule has 4 aromatic carbocycles. The van der Waals surface area contributed by atoms with Gasteiger partial charge in [0.05, 0.1) is 52.7 Å². The molecular weight excluding hydrogens is 628 g/mol. The molecule has 2 aliphatic rings. The van der Waals surface area contributed by atoms with E-state index >= 15 is 0 Å². The van der Waals surface area contributed by atoms with E-state index in [0.29, 0.717) is 6.54 Å². The van der Waals surface area contributed by atoms with Crippen LogP contribution in [0.1, 0.15) is 11.1 Å². The summed E-state index contributed by atoms with van der Waals surface area (Å²) in [5, 5.41) is 11.3. The minimum Gasteiger partial charge on any atom is -0.399 e. The number of para-hydroxylation sites is 4. The number of fused-ring (bicyclic) bond motifs is 2. The number of anilines is 3. The van der Waals surface area contributed by atoms with Crippen molar-refractivity contribution in [1.82, 2.24) is 28.9 Å². The first-order valence-corrected chi connectivity index (χ1v) is 17.1. The lowest BCUT2D eigenvalue weighted by molar-refractivity contribution is -0.384. The number of aromatic nitrogens is 4. The molecule has 2 N–H and O–H groups in total. The number of nitro groups is 1. The second-order valence-corrected chi connectivity index (χ2v) is 13.3. The summed E-state index contributed by atoms with van der Waals surface area (Å²) in [7, 11) is 4.30. The Hall–Kier alpha value is -5.46. The van der Waals surface area contributed by atoms with Crippen LogP contribution in [0.25, 0.3) is 22.1 Å². The van der Waals surface area contributed by atoms with Gasteiger partial charge in [-0.25, -0.2) is 9.97 Å². The highest BCUT2D eigenvalue weighted by atomic mass is 16.6. The maximum atomic E-state index is 11.3. The Morgan fingerprint density at radius 1 is 0.640 bits per heavy atom. The molecule has 0 aliphatic carbocycles. The third-order valence-electron chi connectivity index (χ3n) is 9.80. The highest BCUT2D eigenvalue weighted by molar-refractivity contribution is 5.76. The van der Waals surface area contributed by atoms with Gasteiger partial charge in [-0.2, -0.15) is 0 Å². The fourth-order valence-electron chi connectivity index (χ4n) is 6.90. The van der Waals surface area contributed by atoms with E-state index in [1.807, 2.05) is 59.4 Å². The molecule has 12 nitrogen and oxygen atoms in total. The van der Waals surface area contributed by atoms with Crippen molar-refractivity contribution in [2.75, 3.05) is 82.0 Å². The van der Waals surface area contributed by atoms with E-state index in [2.05, 4.69) is 72.5 Å². The predicted molar refractivity (Wildman–Crippen MR) is 201 cm³/mol. The van der Waals surface area contributed by atoms with Crippen molar-refractivity contribution >= 4 is 44.8 Å². The zero-order valence-corrected chi connectivity index (χ0v) is 28.7. The number of rotatable bonds is 7. The van der Waals surface area contributed by atoms with Crippen LogP contribution in [0.2, 0.25) is 0 Å². The third-order valence-corrected chi connectivity index (χ3v) is 9.80. The van der Waals surface area contributed by atoms with Crippen molar-refractivity contribution in [2.45, 2.75) is 13.1 Å². The zero-order valence-electron chi connectivity index (χ0n) is 28.7. The smallest absolute Gasteiger partial charge is 0.269 e. The number of piperazine rings is 2. The lowest BCUT2D eigenvalue weighted by Gasteiger charge is -2.35. The van der Waals surface area contributed by atoms with Gasteiger partial charge in [0.25, 0.3) is 5.69 Å². The first kappa shape index (κ1) is 33.1. The average molecular weight is 673 g/mol.